The lowest BCUT2D eigenvalue weighted by atomic mass is 10.1. The Hall–Kier alpha value is -1.44. The third-order valence-electron chi connectivity index (χ3n) is 4.49. The Bertz CT molecular complexity index is 665. The van der Waals surface area contributed by atoms with E-state index in [2.05, 4.69) is 4.98 Å². The van der Waals surface area contributed by atoms with Crippen LogP contribution in [0.1, 0.15) is 47.1 Å². The van der Waals surface area contributed by atoms with E-state index >= 15 is 0 Å². The highest BCUT2D eigenvalue weighted by Crippen LogP contribution is 2.46. The second-order valence-corrected chi connectivity index (χ2v) is 8.09. The summed E-state index contributed by atoms with van der Waals surface area (Å²) in [7, 11) is 0. The van der Waals surface area contributed by atoms with Gasteiger partial charge in [0, 0.05) is 12.1 Å². The first-order chi connectivity index (χ1) is 11.1. The van der Waals surface area contributed by atoms with Crippen molar-refractivity contribution in [3.05, 3.63) is 22.7 Å². The first-order valence-electron chi connectivity index (χ1n) is 8.40. The fourth-order valence-electron chi connectivity index (χ4n) is 3.53. The minimum Gasteiger partial charge on any atom is -0.383 e. The lowest BCUT2D eigenvalue weighted by molar-refractivity contribution is -0.164. The molecular formula is C17H27N3O4. The summed E-state index contributed by atoms with van der Waals surface area (Å²) in [5.41, 5.74) is 5.02. The molecule has 0 radical (unpaired) electrons. The molecule has 134 valence electrons. The maximum atomic E-state index is 12.2. The van der Waals surface area contributed by atoms with Gasteiger partial charge in [-0.1, -0.05) is 0 Å². The summed E-state index contributed by atoms with van der Waals surface area (Å²) in [6.45, 7) is 10.4. The van der Waals surface area contributed by atoms with Crippen LogP contribution in [0.4, 0.5) is 5.82 Å². The zero-order valence-corrected chi connectivity index (χ0v) is 15.0. The number of anilines is 1. The number of fused-ring (bicyclic) bond motifs is 1. The van der Waals surface area contributed by atoms with Crippen LogP contribution in [0.25, 0.3) is 0 Å². The van der Waals surface area contributed by atoms with Crippen molar-refractivity contribution in [2.75, 3.05) is 12.3 Å². The van der Waals surface area contributed by atoms with Gasteiger partial charge in [-0.2, -0.15) is 4.98 Å². The molecule has 1 aromatic heterocycles. The van der Waals surface area contributed by atoms with Gasteiger partial charge in [-0.15, -0.1) is 0 Å². The summed E-state index contributed by atoms with van der Waals surface area (Å²) in [5, 5.41) is 0. The van der Waals surface area contributed by atoms with E-state index < -0.39 is 5.79 Å². The zero-order chi connectivity index (χ0) is 17.7. The van der Waals surface area contributed by atoms with Crippen molar-refractivity contribution >= 4 is 5.82 Å². The molecule has 0 amide bonds. The number of nitrogens with two attached hydrogens (primary N) is 1. The number of nitrogens with zero attached hydrogens (tertiary/aromatic N) is 2. The third kappa shape index (κ3) is 3.48. The highest BCUT2D eigenvalue weighted by atomic mass is 16.8. The molecule has 2 fully saturated rings. The lowest BCUT2D eigenvalue weighted by Crippen LogP contribution is -2.34. The van der Waals surface area contributed by atoms with Crippen LogP contribution in [0.15, 0.2) is 17.1 Å². The van der Waals surface area contributed by atoms with Gasteiger partial charge in [0.05, 0.1) is 24.4 Å². The number of aromatic nitrogens is 2. The fraction of sp³-hybridized carbons (Fsp3) is 0.765. The van der Waals surface area contributed by atoms with E-state index in [0.29, 0.717) is 6.61 Å². The molecule has 24 heavy (non-hydrogen) atoms. The van der Waals surface area contributed by atoms with Crippen molar-refractivity contribution in [2.24, 2.45) is 5.92 Å². The van der Waals surface area contributed by atoms with Gasteiger partial charge >= 0.3 is 5.69 Å². The molecule has 1 saturated heterocycles. The van der Waals surface area contributed by atoms with Gasteiger partial charge in [-0.25, -0.2) is 4.79 Å². The van der Waals surface area contributed by atoms with Crippen molar-refractivity contribution in [1.29, 1.82) is 0 Å². The van der Waals surface area contributed by atoms with Gasteiger partial charge < -0.3 is 19.9 Å². The standard InChI is InChI=1S/C17H27N3O4/c1-16(2,3)22-9-10-8-11(14-13(10)23-17(4,5)24-14)20-7-6-12(18)19-15(20)21/h6-7,10-11,13-14H,8-9H2,1-5H3,(H2,18,19,21)/t10-,11-,13-,14+/m0/s1. The van der Waals surface area contributed by atoms with E-state index in [4.69, 9.17) is 19.9 Å². The highest BCUT2D eigenvalue weighted by Gasteiger charge is 2.54. The summed E-state index contributed by atoms with van der Waals surface area (Å²) in [4.78, 5) is 16.1. The first kappa shape index (κ1) is 17.4. The Morgan fingerprint density at radius 1 is 1.38 bits per heavy atom. The minimum absolute atomic E-state index is 0.100. The van der Waals surface area contributed by atoms with Crippen LogP contribution < -0.4 is 11.4 Å². The van der Waals surface area contributed by atoms with Crippen molar-refractivity contribution in [3.8, 4) is 0 Å². The number of nitrogen functional groups attached to an aromatic ring is 1. The number of rotatable bonds is 3. The maximum absolute atomic E-state index is 12.2. The van der Waals surface area contributed by atoms with Crippen molar-refractivity contribution in [3.63, 3.8) is 0 Å². The Kier molecular flexibility index (Phi) is 4.22. The molecule has 1 aliphatic carbocycles. The molecular weight excluding hydrogens is 310 g/mol. The van der Waals surface area contributed by atoms with Gasteiger partial charge in [0.2, 0.25) is 0 Å². The molecule has 1 aromatic rings. The number of hydrogen-bond donors (Lipinski definition) is 1. The summed E-state index contributed by atoms with van der Waals surface area (Å²) in [5.74, 6) is -0.286. The topological polar surface area (TPSA) is 88.6 Å². The summed E-state index contributed by atoms with van der Waals surface area (Å²) in [6, 6.07) is 1.50. The highest BCUT2D eigenvalue weighted by molar-refractivity contribution is 5.24. The molecule has 2 aliphatic rings. The molecule has 7 heteroatoms. The predicted octanol–water partition coefficient (Wildman–Crippen LogP) is 1.72. The van der Waals surface area contributed by atoms with E-state index in [1.54, 1.807) is 16.8 Å². The fourth-order valence-corrected chi connectivity index (χ4v) is 3.53. The van der Waals surface area contributed by atoms with Crippen molar-refractivity contribution < 1.29 is 14.2 Å². The molecule has 7 nitrogen and oxygen atoms in total. The molecule has 2 N–H and O–H groups in total. The van der Waals surface area contributed by atoms with Crippen LogP contribution in [-0.4, -0.2) is 39.8 Å². The largest absolute Gasteiger partial charge is 0.383 e. The van der Waals surface area contributed by atoms with E-state index in [1.807, 2.05) is 34.6 Å². The summed E-state index contributed by atoms with van der Waals surface area (Å²) >= 11 is 0. The normalized spacial score (nSPS) is 32.0. The van der Waals surface area contributed by atoms with Crippen LogP contribution in [0.3, 0.4) is 0 Å². The number of ether oxygens (including phenoxy) is 3. The molecule has 1 aliphatic heterocycles. The van der Waals surface area contributed by atoms with Crippen LogP contribution >= 0.6 is 0 Å². The second kappa shape index (κ2) is 5.82. The van der Waals surface area contributed by atoms with Crippen LogP contribution in [0.2, 0.25) is 0 Å². The van der Waals surface area contributed by atoms with Gasteiger partial charge in [0.1, 0.15) is 11.9 Å². The Balaban J connectivity index is 1.86. The minimum atomic E-state index is -0.668. The van der Waals surface area contributed by atoms with Gasteiger partial charge in [-0.05, 0) is 47.1 Å². The molecule has 0 bridgehead atoms. The first-order valence-corrected chi connectivity index (χ1v) is 8.40. The lowest BCUT2D eigenvalue weighted by Gasteiger charge is -2.26. The number of hydrogen-bond acceptors (Lipinski definition) is 6. The predicted molar refractivity (Wildman–Crippen MR) is 89.6 cm³/mol. The Morgan fingerprint density at radius 3 is 2.67 bits per heavy atom. The molecule has 3 rings (SSSR count). The van der Waals surface area contributed by atoms with Gasteiger partial charge in [0.25, 0.3) is 0 Å². The Morgan fingerprint density at radius 2 is 2.04 bits per heavy atom. The molecule has 0 spiro atoms. The molecule has 2 heterocycles. The zero-order valence-electron chi connectivity index (χ0n) is 15.0. The quantitative estimate of drug-likeness (QED) is 0.903. The van der Waals surface area contributed by atoms with Gasteiger partial charge in [0.15, 0.2) is 5.79 Å². The van der Waals surface area contributed by atoms with Crippen LogP contribution in [0.5, 0.6) is 0 Å². The van der Waals surface area contributed by atoms with Crippen molar-refractivity contribution in [1.82, 2.24) is 9.55 Å². The SMILES string of the molecule is CC(C)(C)OC[C@@H]1C[C@H](n2ccc(N)nc2=O)[C@H]2OC(C)(C)O[C@@H]12. The monoisotopic (exact) mass is 337 g/mol. The van der Waals surface area contributed by atoms with Gasteiger partial charge in [-0.3, -0.25) is 4.57 Å². The van der Waals surface area contributed by atoms with E-state index in [-0.39, 0.29) is 41.3 Å². The maximum Gasteiger partial charge on any atom is 0.349 e. The van der Waals surface area contributed by atoms with Crippen LogP contribution in [-0.2, 0) is 14.2 Å². The van der Waals surface area contributed by atoms with E-state index in [1.165, 1.54) is 0 Å². The summed E-state index contributed by atoms with van der Waals surface area (Å²) in [6.07, 6.45) is 2.13. The van der Waals surface area contributed by atoms with Crippen LogP contribution in [0, 0.1) is 5.92 Å². The second-order valence-electron chi connectivity index (χ2n) is 8.09. The average Bonchev–Trinajstić information content (AvgIpc) is 2.90. The van der Waals surface area contributed by atoms with E-state index in [9.17, 15) is 4.79 Å². The molecule has 0 aromatic carbocycles. The van der Waals surface area contributed by atoms with E-state index in [0.717, 1.165) is 6.42 Å². The Labute approximate surface area is 142 Å². The summed E-state index contributed by atoms with van der Waals surface area (Å²) < 4.78 is 19.8. The molecule has 4 atom stereocenters. The average molecular weight is 337 g/mol. The van der Waals surface area contributed by atoms with Crippen molar-refractivity contribution in [2.45, 2.75) is 70.7 Å². The third-order valence-corrected chi connectivity index (χ3v) is 4.49. The molecule has 1 saturated carbocycles. The smallest absolute Gasteiger partial charge is 0.349 e. The molecule has 0 unspecified atom stereocenters.